The number of aliphatic hydroxyl groups is 1. The molecule has 0 spiro atoms. The van der Waals surface area contributed by atoms with Crippen LogP contribution in [0.25, 0.3) is 0 Å². The minimum atomic E-state index is -1.12. The second kappa shape index (κ2) is 8.78. The first kappa shape index (κ1) is 21.9. The Kier molecular flexibility index (Phi) is 5.82. The van der Waals surface area contributed by atoms with Gasteiger partial charge in [0.15, 0.2) is 11.5 Å². The predicted octanol–water partition coefficient (Wildman–Crippen LogP) is 4.11. The number of benzene rings is 2. The molecule has 2 aromatic carbocycles. The second-order valence-electron chi connectivity index (χ2n) is 8.68. The summed E-state index contributed by atoms with van der Waals surface area (Å²) in [6.07, 6.45) is 0.494. The zero-order chi connectivity index (χ0) is 23.0. The van der Waals surface area contributed by atoms with Crippen LogP contribution in [0.15, 0.2) is 60.0 Å². The van der Waals surface area contributed by atoms with Crippen LogP contribution in [0.1, 0.15) is 40.2 Å². The van der Waals surface area contributed by atoms with E-state index in [1.807, 2.05) is 35.7 Å². The number of nitrogens with zero attached hydrogens (tertiary/aromatic N) is 1. The zero-order valence-electron chi connectivity index (χ0n) is 18.2. The Balaban J connectivity index is 1.44. The number of carbonyl (C=O) groups is 1. The van der Waals surface area contributed by atoms with E-state index >= 15 is 0 Å². The number of fused-ring (bicyclic) bond motifs is 1. The molecule has 2 N–H and O–H groups in total. The SMILES string of the molecule is CC1(O)CCN(Cc2ccc3c(c2)OCO3)C(c2cccs2)C1NC(=O)c1ccc(F)cc1. The van der Waals surface area contributed by atoms with Gasteiger partial charge in [-0.25, -0.2) is 4.39 Å². The zero-order valence-corrected chi connectivity index (χ0v) is 19.0. The van der Waals surface area contributed by atoms with Crippen LogP contribution in [0, 0.1) is 5.82 Å². The molecule has 5 rings (SSSR count). The normalized spacial score (nSPS) is 24.6. The van der Waals surface area contributed by atoms with Gasteiger partial charge in [-0.2, -0.15) is 0 Å². The highest BCUT2D eigenvalue weighted by Gasteiger charge is 2.46. The highest BCUT2D eigenvalue weighted by atomic mass is 32.1. The summed E-state index contributed by atoms with van der Waals surface area (Å²) < 4.78 is 24.3. The topological polar surface area (TPSA) is 71.0 Å². The molecule has 1 fully saturated rings. The monoisotopic (exact) mass is 468 g/mol. The van der Waals surface area contributed by atoms with Crippen molar-refractivity contribution in [3.8, 4) is 11.5 Å². The molecule has 2 aliphatic rings. The molecule has 1 saturated heterocycles. The summed E-state index contributed by atoms with van der Waals surface area (Å²) in [5.74, 6) is 0.722. The maximum Gasteiger partial charge on any atom is 0.251 e. The van der Waals surface area contributed by atoms with Crippen molar-refractivity contribution in [2.75, 3.05) is 13.3 Å². The third-order valence-electron chi connectivity index (χ3n) is 6.33. The van der Waals surface area contributed by atoms with E-state index in [-0.39, 0.29) is 18.7 Å². The van der Waals surface area contributed by atoms with Gasteiger partial charge in [0.2, 0.25) is 6.79 Å². The van der Waals surface area contributed by atoms with Crippen LogP contribution in [0.3, 0.4) is 0 Å². The number of ether oxygens (including phenoxy) is 2. The van der Waals surface area contributed by atoms with Gasteiger partial charge in [0.25, 0.3) is 5.91 Å². The molecule has 1 aromatic heterocycles. The Morgan fingerprint density at radius 1 is 1.21 bits per heavy atom. The summed E-state index contributed by atoms with van der Waals surface area (Å²) in [5, 5.41) is 16.4. The van der Waals surface area contributed by atoms with E-state index < -0.39 is 17.5 Å². The molecule has 3 aromatic rings. The van der Waals surface area contributed by atoms with Gasteiger partial charge in [0.1, 0.15) is 5.82 Å². The van der Waals surface area contributed by atoms with Gasteiger partial charge >= 0.3 is 0 Å². The largest absolute Gasteiger partial charge is 0.454 e. The predicted molar refractivity (Wildman–Crippen MR) is 123 cm³/mol. The molecule has 3 heterocycles. The molecule has 0 bridgehead atoms. The van der Waals surface area contributed by atoms with E-state index in [1.54, 1.807) is 18.3 Å². The summed E-state index contributed by atoms with van der Waals surface area (Å²) in [7, 11) is 0. The van der Waals surface area contributed by atoms with Crippen molar-refractivity contribution in [3.63, 3.8) is 0 Å². The van der Waals surface area contributed by atoms with E-state index in [0.717, 1.165) is 21.9 Å². The first-order valence-corrected chi connectivity index (χ1v) is 11.7. The fourth-order valence-electron chi connectivity index (χ4n) is 4.53. The number of likely N-dealkylation sites (tertiary alicyclic amines) is 1. The molecule has 33 heavy (non-hydrogen) atoms. The van der Waals surface area contributed by atoms with Gasteiger partial charge in [0, 0.05) is 23.5 Å². The van der Waals surface area contributed by atoms with Crippen molar-refractivity contribution in [1.29, 1.82) is 0 Å². The standard InChI is InChI=1S/C25H25FN2O4S/c1-25(30)10-11-28(14-16-4-9-19-20(13-16)32-15-31-19)22(21-3-2-12-33-21)23(25)27-24(29)17-5-7-18(26)8-6-17/h2-9,12-13,22-23,30H,10-11,14-15H2,1H3,(H,27,29). The molecule has 0 saturated carbocycles. The first-order chi connectivity index (χ1) is 15.9. The summed E-state index contributed by atoms with van der Waals surface area (Å²) in [5.41, 5.74) is 0.298. The fourth-order valence-corrected chi connectivity index (χ4v) is 5.43. The Morgan fingerprint density at radius 3 is 2.76 bits per heavy atom. The van der Waals surface area contributed by atoms with Crippen LogP contribution in [0.4, 0.5) is 4.39 Å². The van der Waals surface area contributed by atoms with Gasteiger partial charge in [0.05, 0.1) is 17.7 Å². The maximum absolute atomic E-state index is 13.3. The molecule has 3 atom stereocenters. The number of hydrogen-bond acceptors (Lipinski definition) is 6. The average molecular weight is 469 g/mol. The third-order valence-corrected chi connectivity index (χ3v) is 7.28. The highest BCUT2D eigenvalue weighted by molar-refractivity contribution is 7.10. The number of nitrogens with one attached hydrogen (secondary N) is 1. The number of halogens is 1. The lowest BCUT2D eigenvalue weighted by molar-refractivity contribution is -0.0656. The van der Waals surface area contributed by atoms with Gasteiger partial charge in [-0.1, -0.05) is 12.1 Å². The summed E-state index contributed by atoms with van der Waals surface area (Å²) in [6.45, 7) is 3.27. The summed E-state index contributed by atoms with van der Waals surface area (Å²) >= 11 is 1.59. The number of rotatable bonds is 5. The van der Waals surface area contributed by atoms with Gasteiger partial charge in [-0.3, -0.25) is 9.69 Å². The summed E-state index contributed by atoms with van der Waals surface area (Å²) in [4.78, 5) is 16.4. The third kappa shape index (κ3) is 4.46. The van der Waals surface area contributed by atoms with Crippen molar-refractivity contribution in [2.45, 2.75) is 37.6 Å². The molecule has 1 amide bonds. The lowest BCUT2D eigenvalue weighted by atomic mass is 9.81. The molecule has 6 nitrogen and oxygen atoms in total. The first-order valence-electron chi connectivity index (χ1n) is 10.9. The van der Waals surface area contributed by atoms with E-state index in [1.165, 1.54) is 24.3 Å². The van der Waals surface area contributed by atoms with Crippen molar-refractivity contribution in [2.24, 2.45) is 0 Å². The van der Waals surface area contributed by atoms with Crippen LogP contribution >= 0.6 is 11.3 Å². The van der Waals surface area contributed by atoms with Crippen molar-refractivity contribution in [1.82, 2.24) is 10.2 Å². The molecule has 2 aliphatic heterocycles. The number of thiophene rings is 1. The fraction of sp³-hybridized carbons (Fsp3) is 0.320. The second-order valence-corrected chi connectivity index (χ2v) is 9.66. The Bertz CT molecular complexity index is 1130. The molecule has 3 unspecified atom stereocenters. The average Bonchev–Trinajstić information content (AvgIpc) is 3.48. The van der Waals surface area contributed by atoms with E-state index in [4.69, 9.17) is 9.47 Å². The summed E-state index contributed by atoms with van der Waals surface area (Å²) in [6, 6.07) is 14.5. The van der Waals surface area contributed by atoms with Crippen LogP contribution in [-0.2, 0) is 6.54 Å². The highest BCUT2D eigenvalue weighted by Crippen LogP contribution is 2.40. The van der Waals surface area contributed by atoms with Crippen LogP contribution in [0.2, 0.25) is 0 Å². The number of hydrogen-bond donors (Lipinski definition) is 2. The van der Waals surface area contributed by atoms with Gasteiger partial charge in [-0.05, 0) is 66.8 Å². The van der Waals surface area contributed by atoms with Crippen LogP contribution in [-0.4, -0.2) is 40.9 Å². The maximum atomic E-state index is 13.3. The van der Waals surface area contributed by atoms with Gasteiger partial charge < -0.3 is 19.9 Å². The Hall–Kier alpha value is -2.94. The molecule has 0 radical (unpaired) electrons. The number of carbonyl (C=O) groups excluding carboxylic acids is 1. The van der Waals surface area contributed by atoms with Crippen LogP contribution < -0.4 is 14.8 Å². The van der Waals surface area contributed by atoms with E-state index in [2.05, 4.69) is 10.2 Å². The minimum absolute atomic E-state index is 0.223. The Morgan fingerprint density at radius 2 is 2.00 bits per heavy atom. The molecule has 0 aliphatic carbocycles. The van der Waals surface area contributed by atoms with Gasteiger partial charge in [-0.15, -0.1) is 11.3 Å². The lowest BCUT2D eigenvalue weighted by Gasteiger charge is -2.48. The molecular weight excluding hydrogens is 443 g/mol. The number of piperidine rings is 1. The quantitative estimate of drug-likeness (QED) is 0.590. The van der Waals surface area contributed by atoms with Crippen molar-refractivity contribution in [3.05, 3.63) is 81.8 Å². The number of amides is 1. The van der Waals surface area contributed by atoms with Crippen molar-refractivity contribution < 1.29 is 23.8 Å². The Labute approximate surface area is 195 Å². The molecule has 8 heteroatoms. The van der Waals surface area contributed by atoms with Crippen LogP contribution in [0.5, 0.6) is 11.5 Å². The van der Waals surface area contributed by atoms with E-state index in [9.17, 15) is 14.3 Å². The lowest BCUT2D eigenvalue weighted by Crippen LogP contribution is -2.62. The van der Waals surface area contributed by atoms with E-state index in [0.29, 0.717) is 25.1 Å². The van der Waals surface area contributed by atoms with Crippen molar-refractivity contribution >= 4 is 17.2 Å². The molecule has 172 valence electrons. The smallest absolute Gasteiger partial charge is 0.251 e. The minimum Gasteiger partial charge on any atom is -0.454 e. The molecular formula is C25H25FN2O4S.